The third-order valence-corrected chi connectivity index (χ3v) is 4.12. The van der Waals surface area contributed by atoms with E-state index >= 15 is 0 Å². The first-order chi connectivity index (χ1) is 9.07. The summed E-state index contributed by atoms with van der Waals surface area (Å²) in [5, 5.41) is 18.8. The number of carboxylic acid groups (broad SMARTS) is 1. The Morgan fingerprint density at radius 2 is 2.21 bits per heavy atom. The molecule has 1 aliphatic carbocycles. The van der Waals surface area contributed by atoms with Crippen LogP contribution in [-0.4, -0.2) is 32.3 Å². The van der Waals surface area contributed by atoms with Crippen LogP contribution in [0.25, 0.3) is 11.0 Å². The topological polar surface area (TPSA) is 75.3 Å². The van der Waals surface area contributed by atoms with Crippen LogP contribution in [0.2, 0.25) is 0 Å². The maximum absolute atomic E-state index is 11.1. The highest BCUT2D eigenvalue weighted by atomic mass is 16.4. The maximum Gasteiger partial charge on any atom is 0.335 e. The van der Waals surface area contributed by atoms with Crippen LogP contribution >= 0.6 is 0 Å². The van der Waals surface area contributed by atoms with E-state index in [2.05, 4.69) is 4.98 Å². The zero-order valence-electron chi connectivity index (χ0n) is 10.8. The first kappa shape index (κ1) is 12.2. The van der Waals surface area contributed by atoms with Crippen molar-refractivity contribution in [2.24, 2.45) is 0 Å². The summed E-state index contributed by atoms with van der Waals surface area (Å²) in [7, 11) is 0. The van der Waals surface area contributed by atoms with Gasteiger partial charge in [0.05, 0.1) is 28.7 Å². The van der Waals surface area contributed by atoms with Crippen LogP contribution in [0, 0.1) is 6.92 Å². The average molecular weight is 260 g/mol. The fourth-order valence-electron chi connectivity index (χ4n) is 2.96. The van der Waals surface area contributed by atoms with E-state index in [9.17, 15) is 9.90 Å². The van der Waals surface area contributed by atoms with Gasteiger partial charge in [-0.15, -0.1) is 0 Å². The maximum atomic E-state index is 11.1. The van der Waals surface area contributed by atoms with Crippen LogP contribution in [0.3, 0.4) is 0 Å². The van der Waals surface area contributed by atoms with Crippen LogP contribution in [0.1, 0.15) is 35.4 Å². The molecule has 1 heterocycles. The summed E-state index contributed by atoms with van der Waals surface area (Å²) in [6.07, 6.45) is 2.90. The fourth-order valence-corrected chi connectivity index (χ4v) is 2.96. The van der Waals surface area contributed by atoms with Crippen molar-refractivity contribution in [2.75, 3.05) is 6.61 Å². The van der Waals surface area contributed by atoms with Crippen molar-refractivity contribution in [3.63, 3.8) is 0 Å². The molecule has 2 N–H and O–H groups in total. The molecule has 2 aromatic rings. The molecule has 0 aliphatic heterocycles. The van der Waals surface area contributed by atoms with Crippen molar-refractivity contribution in [2.45, 2.75) is 31.7 Å². The lowest BCUT2D eigenvalue weighted by Crippen LogP contribution is -2.44. The number of rotatable bonds is 3. The molecule has 1 saturated carbocycles. The monoisotopic (exact) mass is 260 g/mol. The van der Waals surface area contributed by atoms with E-state index in [1.807, 2.05) is 11.5 Å². The zero-order valence-corrected chi connectivity index (χ0v) is 10.8. The van der Waals surface area contributed by atoms with Crippen LogP contribution < -0.4 is 0 Å². The summed E-state index contributed by atoms with van der Waals surface area (Å²) >= 11 is 0. The van der Waals surface area contributed by atoms with Gasteiger partial charge in [0.2, 0.25) is 0 Å². The van der Waals surface area contributed by atoms with E-state index < -0.39 is 5.97 Å². The summed E-state index contributed by atoms with van der Waals surface area (Å²) in [6.45, 7) is 1.97. The number of imidazole rings is 1. The molecule has 5 nitrogen and oxygen atoms in total. The summed E-state index contributed by atoms with van der Waals surface area (Å²) in [5.74, 6) is -0.120. The average Bonchev–Trinajstić information content (AvgIpc) is 2.65. The third kappa shape index (κ3) is 1.65. The predicted molar refractivity (Wildman–Crippen MR) is 70.3 cm³/mol. The van der Waals surface area contributed by atoms with Gasteiger partial charge in [-0.2, -0.15) is 0 Å². The van der Waals surface area contributed by atoms with Crippen LogP contribution in [0.5, 0.6) is 0 Å². The standard InChI is InChI=1S/C14H16N2O3/c1-9-15-11-4-3-10(13(18)19)7-12(11)16(9)14(8-17)5-2-6-14/h3-4,7,17H,2,5-6,8H2,1H3,(H,18,19). The SMILES string of the molecule is Cc1nc2ccc(C(=O)O)cc2n1C1(CO)CCC1. The lowest BCUT2D eigenvalue weighted by atomic mass is 9.77. The number of aliphatic hydroxyl groups is 1. The van der Waals surface area contributed by atoms with Crippen LogP contribution in [0.4, 0.5) is 0 Å². The number of hydrogen-bond acceptors (Lipinski definition) is 3. The van der Waals surface area contributed by atoms with Gasteiger partial charge in [-0.1, -0.05) is 0 Å². The second-order valence-corrected chi connectivity index (χ2v) is 5.24. The smallest absolute Gasteiger partial charge is 0.335 e. The van der Waals surface area contributed by atoms with Crippen molar-refractivity contribution in [1.29, 1.82) is 0 Å². The normalized spacial score (nSPS) is 17.4. The van der Waals surface area contributed by atoms with Crippen LogP contribution in [-0.2, 0) is 5.54 Å². The highest BCUT2D eigenvalue weighted by Crippen LogP contribution is 2.41. The van der Waals surface area contributed by atoms with E-state index in [1.54, 1.807) is 18.2 Å². The number of carbonyl (C=O) groups is 1. The van der Waals surface area contributed by atoms with Gasteiger partial charge in [-0.25, -0.2) is 9.78 Å². The highest BCUT2D eigenvalue weighted by molar-refractivity contribution is 5.92. The number of hydrogen-bond donors (Lipinski definition) is 2. The van der Waals surface area contributed by atoms with Gasteiger partial charge in [0.25, 0.3) is 0 Å². The zero-order chi connectivity index (χ0) is 13.6. The highest BCUT2D eigenvalue weighted by Gasteiger charge is 2.40. The molecule has 0 saturated heterocycles. The molecular weight excluding hydrogens is 244 g/mol. The van der Waals surface area contributed by atoms with Gasteiger partial charge in [0.1, 0.15) is 5.82 Å². The number of nitrogens with zero attached hydrogens (tertiary/aromatic N) is 2. The quantitative estimate of drug-likeness (QED) is 0.884. The Labute approximate surface area is 110 Å². The molecule has 0 amide bonds. The molecule has 0 radical (unpaired) electrons. The minimum atomic E-state index is -0.945. The number of aryl methyl sites for hydroxylation is 1. The largest absolute Gasteiger partial charge is 0.478 e. The van der Waals surface area contributed by atoms with E-state index in [0.29, 0.717) is 0 Å². The third-order valence-electron chi connectivity index (χ3n) is 4.12. The number of aromatic carboxylic acids is 1. The summed E-state index contributed by atoms with van der Waals surface area (Å²) in [4.78, 5) is 15.6. The Morgan fingerprint density at radius 3 is 2.74 bits per heavy atom. The molecular formula is C14H16N2O3. The van der Waals surface area contributed by atoms with Gasteiger partial charge in [-0.3, -0.25) is 0 Å². The van der Waals surface area contributed by atoms with Gasteiger partial charge >= 0.3 is 5.97 Å². The molecule has 1 aliphatic rings. The Bertz CT molecular complexity index is 650. The van der Waals surface area contributed by atoms with E-state index in [-0.39, 0.29) is 17.7 Å². The molecule has 100 valence electrons. The van der Waals surface area contributed by atoms with Crippen molar-refractivity contribution in [3.8, 4) is 0 Å². The first-order valence-electron chi connectivity index (χ1n) is 6.41. The molecule has 19 heavy (non-hydrogen) atoms. The molecule has 1 aromatic carbocycles. The molecule has 0 unspecified atom stereocenters. The molecule has 0 atom stereocenters. The predicted octanol–water partition coefficient (Wildman–Crippen LogP) is 1.91. The Morgan fingerprint density at radius 1 is 1.47 bits per heavy atom. The van der Waals surface area contributed by atoms with E-state index in [1.165, 1.54) is 0 Å². The number of carboxylic acids is 1. The summed E-state index contributed by atoms with van der Waals surface area (Å²) < 4.78 is 2.01. The fraction of sp³-hybridized carbons (Fsp3) is 0.429. The number of fused-ring (bicyclic) bond motifs is 1. The molecule has 0 bridgehead atoms. The Kier molecular flexibility index (Phi) is 2.60. The van der Waals surface area contributed by atoms with Crippen molar-refractivity contribution in [1.82, 2.24) is 9.55 Å². The Balaban J connectivity index is 2.25. The first-order valence-corrected chi connectivity index (χ1v) is 6.41. The number of aromatic nitrogens is 2. The number of benzene rings is 1. The van der Waals surface area contributed by atoms with E-state index in [0.717, 1.165) is 36.1 Å². The van der Waals surface area contributed by atoms with Gasteiger partial charge < -0.3 is 14.8 Å². The summed E-state index contributed by atoms with van der Waals surface area (Å²) in [6, 6.07) is 4.94. The Hall–Kier alpha value is -1.88. The lowest BCUT2D eigenvalue weighted by molar-refractivity contribution is 0.0570. The minimum Gasteiger partial charge on any atom is -0.478 e. The van der Waals surface area contributed by atoms with Gasteiger partial charge in [-0.05, 0) is 44.4 Å². The minimum absolute atomic E-state index is 0.0661. The molecule has 3 rings (SSSR count). The van der Waals surface area contributed by atoms with Crippen LogP contribution in [0.15, 0.2) is 18.2 Å². The van der Waals surface area contributed by atoms with Crippen molar-refractivity contribution < 1.29 is 15.0 Å². The van der Waals surface area contributed by atoms with E-state index in [4.69, 9.17) is 5.11 Å². The molecule has 1 fully saturated rings. The van der Waals surface area contributed by atoms with Gasteiger partial charge in [0, 0.05) is 0 Å². The molecule has 1 aromatic heterocycles. The summed E-state index contributed by atoms with van der Waals surface area (Å²) in [5.41, 5.74) is 1.53. The lowest BCUT2D eigenvalue weighted by Gasteiger charge is -2.42. The molecule has 0 spiro atoms. The number of aliphatic hydroxyl groups excluding tert-OH is 1. The second kappa shape index (κ2) is 4.06. The van der Waals surface area contributed by atoms with Crippen molar-refractivity contribution >= 4 is 17.0 Å². The second-order valence-electron chi connectivity index (χ2n) is 5.24. The molecule has 5 heteroatoms. The van der Waals surface area contributed by atoms with Gasteiger partial charge in [0.15, 0.2) is 0 Å². The van der Waals surface area contributed by atoms with Crippen molar-refractivity contribution in [3.05, 3.63) is 29.6 Å².